The number of H-pyrrole nitrogens is 1. The first-order chi connectivity index (χ1) is 15.0. The van der Waals surface area contributed by atoms with Gasteiger partial charge in [-0.15, -0.1) is 0 Å². The van der Waals surface area contributed by atoms with E-state index in [0.717, 1.165) is 17.5 Å². The van der Waals surface area contributed by atoms with E-state index in [1.54, 1.807) is 11.0 Å². The molecule has 2 N–H and O–H groups in total. The standard InChI is InChI=1S/C25H26FN3O2/c1-16(2)23(28-24(30)19-8-3-5-9-21(19)26)25(31)29-13-11-17(12-14-29)20-15-27-22-10-6-4-7-18(20)22/h3-11,15-16,23,27H,12-14H2,1-2H3,(H,28,30)/t23-/m0/s1. The van der Waals surface area contributed by atoms with E-state index in [0.29, 0.717) is 13.1 Å². The second kappa shape index (κ2) is 8.76. The summed E-state index contributed by atoms with van der Waals surface area (Å²) in [5, 5.41) is 3.91. The first-order valence-corrected chi connectivity index (χ1v) is 10.6. The van der Waals surface area contributed by atoms with Crippen LogP contribution in [0.3, 0.4) is 0 Å². The molecule has 1 aliphatic heterocycles. The lowest BCUT2D eigenvalue weighted by atomic mass is 9.97. The molecule has 1 atom stereocenters. The Hall–Kier alpha value is -3.41. The van der Waals surface area contributed by atoms with Crippen LogP contribution in [0.15, 0.2) is 60.8 Å². The van der Waals surface area contributed by atoms with Crippen LogP contribution in [-0.4, -0.2) is 40.8 Å². The number of amides is 2. The number of para-hydroxylation sites is 1. The van der Waals surface area contributed by atoms with Crippen LogP contribution in [0.25, 0.3) is 16.5 Å². The predicted octanol–water partition coefficient (Wildman–Crippen LogP) is 4.38. The number of nitrogens with one attached hydrogen (secondary N) is 2. The van der Waals surface area contributed by atoms with Crippen LogP contribution < -0.4 is 5.32 Å². The fourth-order valence-electron chi connectivity index (χ4n) is 4.03. The summed E-state index contributed by atoms with van der Waals surface area (Å²) in [6, 6.07) is 13.2. The Balaban J connectivity index is 1.48. The Kier molecular flexibility index (Phi) is 5.89. The molecule has 0 bridgehead atoms. The van der Waals surface area contributed by atoms with Crippen LogP contribution in [0.5, 0.6) is 0 Å². The van der Waals surface area contributed by atoms with Gasteiger partial charge in [0.25, 0.3) is 5.91 Å². The van der Waals surface area contributed by atoms with Gasteiger partial charge < -0.3 is 15.2 Å². The van der Waals surface area contributed by atoms with Crippen LogP contribution >= 0.6 is 0 Å². The highest BCUT2D eigenvalue weighted by molar-refractivity contribution is 5.98. The summed E-state index contributed by atoms with van der Waals surface area (Å²) in [7, 11) is 0. The molecule has 4 rings (SSSR count). The third-order valence-electron chi connectivity index (χ3n) is 5.79. The second-order valence-corrected chi connectivity index (χ2v) is 8.19. The molecule has 0 unspecified atom stereocenters. The number of hydrogen-bond acceptors (Lipinski definition) is 2. The Labute approximate surface area is 180 Å². The zero-order valence-corrected chi connectivity index (χ0v) is 17.7. The van der Waals surface area contributed by atoms with Gasteiger partial charge in [-0.05, 0) is 36.1 Å². The zero-order valence-electron chi connectivity index (χ0n) is 17.7. The molecule has 0 saturated heterocycles. The molecule has 5 nitrogen and oxygen atoms in total. The number of aromatic nitrogens is 1. The number of fused-ring (bicyclic) bond motifs is 1. The van der Waals surface area contributed by atoms with Crippen molar-refractivity contribution in [3.8, 4) is 0 Å². The van der Waals surface area contributed by atoms with Crippen molar-refractivity contribution in [2.75, 3.05) is 13.1 Å². The van der Waals surface area contributed by atoms with Crippen molar-refractivity contribution < 1.29 is 14.0 Å². The molecule has 1 aromatic heterocycles. The fraction of sp³-hybridized carbons (Fsp3) is 0.280. The molecule has 0 spiro atoms. The van der Waals surface area contributed by atoms with Gasteiger partial charge in [0.2, 0.25) is 5.91 Å². The van der Waals surface area contributed by atoms with Crippen molar-refractivity contribution in [3.05, 3.63) is 77.7 Å². The van der Waals surface area contributed by atoms with E-state index in [1.165, 1.54) is 29.2 Å². The molecular weight excluding hydrogens is 393 g/mol. The number of nitrogens with zero attached hydrogens (tertiary/aromatic N) is 1. The number of rotatable bonds is 5. The van der Waals surface area contributed by atoms with Crippen molar-refractivity contribution in [1.29, 1.82) is 0 Å². The average Bonchev–Trinajstić information content (AvgIpc) is 3.21. The Morgan fingerprint density at radius 3 is 2.55 bits per heavy atom. The van der Waals surface area contributed by atoms with E-state index in [-0.39, 0.29) is 17.4 Å². The molecule has 0 fully saturated rings. The lowest BCUT2D eigenvalue weighted by molar-refractivity contribution is -0.133. The van der Waals surface area contributed by atoms with Gasteiger partial charge >= 0.3 is 0 Å². The van der Waals surface area contributed by atoms with Gasteiger partial charge in [0.1, 0.15) is 11.9 Å². The number of halogens is 1. The zero-order chi connectivity index (χ0) is 22.0. The lowest BCUT2D eigenvalue weighted by Gasteiger charge is -2.32. The maximum absolute atomic E-state index is 14.0. The smallest absolute Gasteiger partial charge is 0.254 e. The molecule has 1 aliphatic rings. The summed E-state index contributed by atoms with van der Waals surface area (Å²) in [5.41, 5.74) is 3.41. The number of hydrogen-bond donors (Lipinski definition) is 2. The van der Waals surface area contributed by atoms with Gasteiger partial charge in [-0.2, -0.15) is 0 Å². The van der Waals surface area contributed by atoms with E-state index < -0.39 is 17.8 Å². The van der Waals surface area contributed by atoms with Gasteiger partial charge in [-0.1, -0.05) is 50.3 Å². The minimum absolute atomic E-state index is 0.0545. The molecule has 2 amide bonds. The molecule has 0 saturated carbocycles. The first kappa shape index (κ1) is 20.8. The van der Waals surface area contributed by atoms with E-state index in [4.69, 9.17) is 0 Å². The largest absolute Gasteiger partial charge is 0.361 e. The summed E-state index contributed by atoms with van der Waals surface area (Å²) in [6.45, 7) is 4.80. The Bertz CT molecular complexity index is 1150. The summed E-state index contributed by atoms with van der Waals surface area (Å²) in [4.78, 5) is 30.8. The second-order valence-electron chi connectivity index (χ2n) is 8.19. The van der Waals surface area contributed by atoms with Crippen molar-refractivity contribution in [3.63, 3.8) is 0 Å². The summed E-state index contributed by atoms with van der Waals surface area (Å²) in [6.07, 6.45) is 4.83. The van der Waals surface area contributed by atoms with Crippen LogP contribution in [0.4, 0.5) is 4.39 Å². The number of carbonyl (C=O) groups is 2. The highest BCUT2D eigenvalue weighted by Gasteiger charge is 2.30. The van der Waals surface area contributed by atoms with E-state index in [9.17, 15) is 14.0 Å². The maximum atomic E-state index is 14.0. The van der Waals surface area contributed by atoms with Crippen molar-refractivity contribution >= 4 is 28.3 Å². The topological polar surface area (TPSA) is 65.2 Å². The van der Waals surface area contributed by atoms with Crippen LogP contribution in [0.2, 0.25) is 0 Å². The van der Waals surface area contributed by atoms with Gasteiger partial charge in [-0.3, -0.25) is 9.59 Å². The molecule has 160 valence electrons. The maximum Gasteiger partial charge on any atom is 0.254 e. The van der Waals surface area contributed by atoms with Gasteiger partial charge in [0, 0.05) is 35.8 Å². The minimum Gasteiger partial charge on any atom is -0.361 e. The van der Waals surface area contributed by atoms with Crippen molar-refractivity contribution in [2.45, 2.75) is 26.3 Å². The molecule has 2 heterocycles. The third-order valence-corrected chi connectivity index (χ3v) is 5.79. The first-order valence-electron chi connectivity index (χ1n) is 10.6. The SMILES string of the molecule is CC(C)[C@H](NC(=O)c1ccccc1F)C(=O)N1CC=C(c2c[nH]c3ccccc23)CC1. The lowest BCUT2D eigenvalue weighted by Crippen LogP contribution is -2.52. The van der Waals surface area contributed by atoms with Crippen LogP contribution in [0, 0.1) is 11.7 Å². The van der Waals surface area contributed by atoms with Crippen LogP contribution in [-0.2, 0) is 4.79 Å². The van der Waals surface area contributed by atoms with E-state index >= 15 is 0 Å². The number of aromatic amines is 1. The van der Waals surface area contributed by atoms with Gasteiger partial charge in [0.15, 0.2) is 0 Å². The number of carbonyl (C=O) groups excluding carboxylic acids is 2. The third kappa shape index (κ3) is 4.24. The fourth-order valence-corrected chi connectivity index (χ4v) is 4.03. The Morgan fingerprint density at radius 1 is 1.10 bits per heavy atom. The molecule has 6 heteroatoms. The van der Waals surface area contributed by atoms with Gasteiger partial charge in [-0.25, -0.2) is 4.39 Å². The van der Waals surface area contributed by atoms with Crippen molar-refractivity contribution in [2.24, 2.45) is 5.92 Å². The number of benzene rings is 2. The highest BCUT2D eigenvalue weighted by atomic mass is 19.1. The molecule has 0 radical (unpaired) electrons. The summed E-state index contributed by atoms with van der Waals surface area (Å²) in [5.74, 6) is -1.44. The van der Waals surface area contributed by atoms with E-state index in [1.807, 2.05) is 38.2 Å². The Morgan fingerprint density at radius 2 is 1.84 bits per heavy atom. The summed E-state index contributed by atoms with van der Waals surface area (Å²) >= 11 is 0. The van der Waals surface area contributed by atoms with E-state index in [2.05, 4.69) is 22.4 Å². The molecule has 3 aromatic rings. The van der Waals surface area contributed by atoms with Crippen LogP contribution in [0.1, 0.15) is 36.2 Å². The molecular formula is C25H26FN3O2. The molecule has 0 aliphatic carbocycles. The average molecular weight is 420 g/mol. The normalized spacial score (nSPS) is 15.1. The monoisotopic (exact) mass is 419 g/mol. The predicted molar refractivity (Wildman–Crippen MR) is 120 cm³/mol. The minimum atomic E-state index is -0.713. The van der Waals surface area contributed by atoms with Crippen molar-refractivity contribution in [1.82, 2.24) is 15.2 Å². The molecule has 31 heavy (non-hydrogen) atoms. The highest BCUT2D eigenvalue weighted by Crippen LogP contribution is 2.29. The molecule has 2 aromatic carbocycles. The quantitative estimate of drug-likeness (QED) is 0.645. The summed E-state index contributed by atoms with van der Waals surface area (Å²) < 4.78 is 14.0. The van der Waals surface area contributed by atoms with Gasteiger partial charge in [0.05, 0.1) is 5.56 Å².